The van der Waals surface area contributed by atoms with Gasteiger partial charge >= 0.3 is 0 Å². The van der Waals surface area contributed by atoms with Gasteiger partial charge in [-0.25, -0.2) is 9.37 Å². The summed E-state index contributed by atoms with van der Waals surface area (Å²) in [5.74, 6) is 0.0452. The smallest absolute Gasteiger partial charge is 0.221 e. The summed E-state index contributed by atoms with van der Waals surface area (Å²) in [5, 5.41) is 1.81. The van der Waals surface area contributed by atoms with Crippen LogP contribution >= 0.6 is 11.6 Å². The largest absolute Gasteiger partial charge is 0.481 e. The number of nitrogens with zero attached hydrogens (tertiary/aromatic N) is 1. The monoisotopic (exact) mass is 211 g/mol. The van der Waals surface area contributed by atoms with Crippen molar-refractivity contribution in [3.63, 3.8) is 0 Å². The molecular formula is C10H7ClFNO. The number of halogens is 2. The molecule has 2 aromatic rings. The highest BCUT2D eigenvalue weighted by atomic mass is 35.5. The molecule has 72 valence electrons. The van der Waals surface area contributed by atoms with Gasteiger partial charge in [-0.2, -0.15) is 0 Å². The van der Waals surface area contributed by atoms with Gasteiger partial charge in [0, 0.05) is 10.8 Å². The highest BCUT2D eigenvalue weighted by Gasteiger charge is 2.07. The van der Waals surface area contributed by atoms with Gasteiger partial charge in [0.15, 0.2) is 0 Å². The van der Waals surface area contributed by atoms with Gasteiger partial charge < -0.3 is 4.74 Å². The first-order chi connectivity index (χ1) is 6.72. The molecule has 0 aliphatic rings. The van der Waals surface area contributed by atoms with Crippen molar-refractivity contribution >= 4 is 22.4 Å². The number of methoxy groups -OCH3 is 1. The summed E-state index contributed by atoms with van der Waals surface area (Å²) in [6, 6.07) is 4.32. The molecule has 0 aliphatic heterocycles. The number of fused-ring (bicyclic) bond motifs is 1. The lowest BCUT2D eigenvalue weighted by Gasteiger charge is -2.05. The van der Waals surface area contributed by atoms with Crippen molar-refractivity contribution in [2.24, 2.45) is 0 Å². The maximum Gasteiger partial charge on any atom is 0.221 e. The summed E-state index contributed by atoms with van der Waals surface area (Å²) in [6.45, 7) is 0. The molecule has 0 saturated heterocycles. The van der Waals surface area contributed by atoms with Crippen molar-refractivity contribution in [1.29, 1.82) is 0 Å². The Hall–Kier alpha value is -1.35. The zero-order valence-electron chi connectivity index (χ0n) is 7.42. The highest BCUT2D eigenvalue weighted by molar-refractivity contribution is 6.35. The molecular weight excluding hydrogens is 205 g/mol. The molecule has 0 amide bonds. The quantitative estimate of drug-likeness (QED) is 0.723. The first-order valence-electron chi connectivity index (χ1n) is 4.00. The fourth-order valence-corrected chi connectivity index (χ4v) is 1.53. The van der Waals surface area contributed by atoms with Gasteiger partial charge in [0.05, 0.1) is 18.3 Å². The van der Waals surface area contributed by atoms with Crippen LogP contribution in [0.3, 0.4) is 0 Å². The van der Waals surface area contributed by atoms with Crippen LogP contribution < -0.4 is 4.74 Å². The van der Waals surface area contributed by atoms with Crippen LogP contribution in [-0.4, -0.2) is 12.1 Å². The SMILES string of the molecule is COc1ncc(Cl)c2ccc(F)cc12. The summed E-state index contributed by atoms with van der Waals surface area (Å²) in [4.78, 5) is 3.95. The Morgan fingerprint density at radius 2 is 2.14 bits per heavy atom. The Kier molecular flexibility index (Phi) is 2.25. The van der Waals surface area contributed by atoms with E-state index in [0.717, 1.165) is 5.39 Å². The Morgan fingerprint density at radius 1 is 1.36 bits per heavy atom. The van der Waals surface area contributed by atoms with E-state index in [2.05, 4.69) is 4.98 Å². The van der Waals surface area contributed by atoms with Crippen LogP contribution in [0, 0.1) is 5.82 Å². The van der Waals surface area contributed by atoms with Crippen molar-refractivity contribution in [3.8, 4) is 5.88 Å². The van der Waals surface area contributed by atoms with Crippen molar-refractivity contribution in [2.75, 3.05) is 7.11 Å². The molecule has 0 spiro atoms. The molecule has 0 bridgehead atoms. The average Bonchev–Trinajstić information content (AvgIpc) is 2.18. The third-order valence-corrected chi connectivity index (χ3v) is 2.26. The number of aromatic nitrogens is 1. The second-order valence-electron chi connectivity index (χ2n) is 2.81. The van der Waals surface area contributed by atoms with E-state index in [1.807, 2.05) is 0 Å². The van der Waals surface area contributed by atoms with Gasteiger partial charge in [-0.3, -0.25) is 0 Å². The molecule has 0 atom stereocenters. The van der Waals surface area contributed by atoms with Crippen molar-refractivity contribution < 1.29 is 9.13 Å². The third kappa shape index (κ3) is 1.40. The van der Waals surface area contributed by atoms with Gasteiger partial charge in [-0.1, -0.05) is 11.6 Å². The molecule has 0 radical (unpaired) electrons. The lowest BCUT2D eigenvalue weighted by molar-refractivity contribution is 0.403. The lowest BCUT2D eigenvalue weighted by atomic mass is 10.1. The zero-order valence-corrected chi connectivity index (χ0v) is 8.18. The number of pyridine rings is 1. The van der Waals surface area contributed by atoms with E-state index < -0.39 is 0 Å². The number of ether oxygens (including phenoxy) is 1. The van der Waals surface area contributed by atoms with Crippen LogP contribution in [0.1, 0.15) is 0 Å². The topological polar surface area (TPSA) is 22.1 Å². The van der Waals surface area contributed by atoms with Gasteiger partial charge in [-0.05, 0) is 18.2 Å². The van der Waals surface area contributed by atoms with Crippen LogP contribution in [0.5, 0.6) is 5.88 Å². The molecule has 2 rings (SSSR count). The normalized spacial score (nSPS) is 10.5. The maximum atomic E-state index is 13.0. The molecule has 1 aromatic heterocycles. The minimum Gasteiger partial charge on any atom is -0.481 e. The van der Waals surface area contributed by atoms with Crippen LogP contribution in [-0.2, 0) is 0 Å². The predicted molar refractivity (Wildman–Crippen MR) is 53.3 cm³/mol. The molecule has 0 unspecified atom stereocenters. The van der Waals surface area contributed by atoms with E-state index in [1.54, 1.807) is 6.07 Å². The minimum absolute atomic E-state index is 0.333. The number of hydrogen-bond acceptors (Lipinski definition) is 2. The van der Waals surface area contributed by atoms with E-state index in [-0.39, 0.29) is 5.82 Å². The van der Waals surface area contributed by atoms with E-state index in [0.29, 0.717) is 16.3 Å². The van der Waals surface area contributed by atoms with Crippen molar-refractivity contribution in [1.82, 2.24) is 4.98 Å². The second kappa shape index (κ2) is 3.42. The van der Waals surface area contributed by atoms with E-state index >= 15 is 0 Å². The molecule has 1 aromatic carbocycles. The molecule has 0 saturated carbocycles. The molecule has 14 heavy (non-hydrogen) atoms. The Bertz CT molecular complexity index is 487. The van der Waals surface area contributed by atoms with Crippen LogP contribution in [0.15, 0.2) is 24.4 Å². The van der Waals surface area contributed by atoms with Gasteiger partial charge in [-0.15, -0.1) is 0 Å². The van der Waals surface area contributed by atoms with Crippen LogP contribution in [0.4, 0.5) is 4.39 Å². The molecule has 2 nitrogen and oxygen atoms in total. The fraction of sp³-hybridized carbons (Fsp3) is 0.100. The van der Waals surface area contributed by atoms with Crippen molar-refractivity contribution in [3.05, 3.63) is 35.2 Å². The predicted octanol–water partition coefficient (Wildman–Crippen LogP) is 3.04. The molecule has 0 N–H and O–H groups in total. The zero-order chi connectivity index (χ0) is 10.1. The van der Waals surface area contributed by atoms with Gasteiger partial charge in [0.25, 0.3) is 0 Å². The van der Waals surface area contributed by atoms with Gasteiger partial charge in [0.2, 0.25) is 5.88 Å². The minimum atomic E-state index is -0.333. The summed E-state index contributed by atoms with van der Waals surface area (Å²) >= 11 is 5.90. The second-order valence-corrected chi connectivity index (χ2v) is 3.21. The lowest BCUT2D eigenvalue weighted by Crippen LogP contribution is -1.90. The van der Waals surface area contributed by atoms with Crippen molar-refractivity contribution in [2.45, 2.75) is 0 Å². The van der Waals surface area contributed by atoms with E-state index in [1.165, 1.54) is 25.4 Å². The Morgan fingerprint density at radius 3 is 2.86 bits per heavy atom. The third-order valence-electron chi connectivity index (χ3n) is 1.96. The highest BCUT2D eigenvalue weighted by Crippen LogP contribution is 2.29. The summed E-state index contributed by atoms with van der Waals surface area (Å²) < 4.78 is 18.0. The summed E-state index contributed by atoms with van der Waals surface area (Å²) in [7, 11) is 1.49. The van der Waals surface area contributed by atoms with E-state index in [9.17, 15) is 4.39 Å². The number of benzene rings is 1. The molecule has 0 fully saturated rings. The van der Waals surface area contributed by atoms with Gasteiger partial charge in [0.1, 0.15) is 5.82 Å². The molecule has 1 heterocycles. The first-order valence-corrected chi connectivity index (χ1v) is 4.38. The van der Waals surface area contributed by atoms with E-state index in [4.69, 9.17) is 16.3 Å². The standard InChI is InChI=1S/C10H7ClFNO/c1-14-10-8-4-6(12)2-3-7(8)9(11)5-13-10/h2-5H,1H3. The maximum absolute atomic E-state index is 13.0. The Labute approximate surface area is 85.3 Å². The van der Waals surface area contributed by atoms with Crippen LogP contribution in [0.2, 0.25) is 5.02 Å². The Balaban J connectivity index is 2.85. The summed E-state index contributed by atoms with van der Waals surface area (Å²) in [6.07, 6.45) is 1.49. The van der Waals surface area contributed by atoms with Crippen LogP contribution in [0.25, 0.3) is 10.8 Å². The fourth-order valence-electron chi connectivity index (χ4n) is 1.32. The number of rotatable bonds is 1. The average molecular weight is 212 g/mol. The molecule has 4 heteroatoms. The summed E-state index contributed by atoms with van der Waals surface area (Å²) in [5.41, 5.74) is 0. The first kappa shape index (κ1) is 9.21. The molecule has 0 aliphatic carbocycles. The number of hydrogen-bond donors (Lipinski definition) is 0.